The predicted molar refractivity (Wildman–Crippen MR) is 54.6 cm³/mol. The van der Waals surface area contributed by atoms with Gasteiger partial charge >= 0.3 is 0 Å². The van der Waals surface area contributed by atoms with Crippen LogP contribution in [0, 0.1) is 5.92 Å². The van der Waals surface area contributed by atoms with Crippen molar-refractivity contribution in [1.82, 2.24) is 5.01 Å². The summed E-state index contributed by atoms with van der Waals surface area (Å²) in [6.07, 6.45) is 0. The first-order valence-corrected chi connectivity index (χ1v) is 4.86. The minimum absolute atomic E-state index is 0.454. The van der Waals surface area contributed by atoms with Crippen LogP contribution in [0.2, 0.25) is 0 Å². The topological polar surface area (TPSA) is 24.8 Å². The first kappa shape index (κ1) is 7.85. The van der Waals surface area contributed by atoms with Crippen LogP contribution in [0.15, 0.2) is 29.4 Å². The Morgan fingerprint density at radius 3 is 3.21 bits per heavy atom. The molecule has 2 aliphatic rings. The Balaban J connectivity index is 2.12. The van der Waals surface area contributed by atoms with Gasteiger partial charge in [-0.15, -0.1) is 0 Å². The van der Waals surface area contributed by atoms with Crippen LogP contribution in [0.4, 0.5) is 0 Å². The Labute approximate surface area is 83.0 Å². The van der Waals surface area contributed by atoms with E-state index in [0.29, 0.717) is 5.92 Å². The minimum atomic E-state index is 0.454. The molecule has 3 nitrogen and oxygen atoms in total. The van der Waals surface area contributed by atoms with Crippen LogP contribution in [0.25, 0.3) is 0 Å². The first-order valence-electron chi connectivity index (χ1n) is 4.86. The van der Waals surface area contributed by atoms with Gasteiger partial charge in [-0.1, -0.05) is 12.1 Å². The van der Waals surface area contributed by atoms with Crippen molar-refractivity contribution in [3.05, 3.63) is 29.8 Å². The highest BCUT2D eigenvalue weighted by molar-refractivity contribution is 6.06. The van der Waals surface area contributed by atoms with Gasteiger partial charge in [0.15, 0.2) is 0 Å². The summed E-state index contributed by atoms with van der Waals surface area (Å²) in [6, 6.07) is 8.12. The standard InChI is InChI=1S/C11H12N2O/c1-13-6-8-7-14-10-5-3-2-4-9(10)11(8)12-13/h2-5,8H,6-7H2,1H3. The fraction of sp³-hybridized carbons (Fsp3) is 0.364. The lowest BCUT2D eigenvalue weighted by molar-refractivity contribution is 0.251. The molecule has 0 aromatic heterocycles. The number of fused-ring (bicyclic) bond motifs is 3. The molecular formula is C11H12N2O. The Bertz CT molecular complexity index is 400. The summed E-state index contributed by atoms with van der Waals surface area (Å²) in [7, 11) is 2.01. The van der Waals surface area contributed by atoms with Crippen molar-refractivity contribution in [2.75, 3.05) is 20.2 Å². The molecule has 1 unspecified atom stereocenters. The molecule has 2 aliphatic heterocycles. The highest BCUT2D eigenvalue weighted by atomic mass is 16.5. The number of rotatable bonds is 0. The van der Waals surface area contributed by atoms with E-state index in [-0.39, 0.29) is 0 Å². The molecule has 2 heterocycles. The second-order valence-electron chi connectivity index (χ2n) is 3.83. The molecule has 1 aromatic carbocycles. The zero-order chi connectivity index (χ0) is 9.54. The largest absolute Gasteiger partial charge is 0.492 e. The molecule has 0 saturated carbocycles. The van der Waals surface area contributed by atoms with E-state index in [9.17, 15) is 0 Å². The Hall–Kier alpha value is -1.51. The lowest BCUT2D eigenvalue weighted by Crippen LogP contribution is -2.28. The van der Waals surface area contributed by atoms with E-state index in [1.807, 2.05) is 30.3 Å². The van der Waals surface area contributed by atoms with Crippen molar-refractivity contribution in [3.63, 3.8) is 0 Å². The van der Waals surface area contributed by atoms with E-state index in [1.165, 1.54) is 5.71 Å². The van der Waals surface area contributed by atoms with Gasteiger partial charge in [0.25, 0.3) is 0 Å². The Morgan fingerprint density at radius 1 is 1.43 bits per heavy atom. The van der Waals surface area contributed by atoms with Gasteiger partial charge in [0, 0.05) is 19.2 Å². The van der Waals surface area contributed by atoms with E-state index >= 15 is 0 Å². The molecule has 3 rings (SSSR count). The van der Waals surface area contributed by atoms with Gasteiger partial charge in [0.05, 0.1) is 18.2 Å². The zero-order valence-electron chi connectivity index (χ0n) is 8.10. The van der Waals surface area contributed by atoms with E-state index in [2.05, 4.69) is 11.2 Å². The maximum absolute atomic E-state index is 5.68. The number of nitrogens with zero attached hydrogens (tertiary/aromatic N) is 2. The molecule has 0 radical (unpaired) electrons. The van der Waals surface area contributed by atoms with Crippen molar-refractivity contribution in [2.24, 2.45) is 11.0 Å². The number of hydrazone groups is 1. The van der Waals surface area contributed by atoms with Crippen LogP contribution in [0.1, 0.15) is 5.56 Å². The number of hydrogen-bond acceptors (Lipinski definition) is 3. The lowest BCUT2D eigenvalue weighted by atomic mass is 9.95. The Kier molecular flexibility index (Phi) is 1.54. The molecule has 0 N–H and O–H groups in total. The number of hydrogen-bond donors (Lipinski definition) is 0. The van der Waals surface area contributed by atoms with Crippen molar-refractivity contribution in [2.45, 2.75) is 0 Å². The van der Waals surface area contributed by atoms with Crippen molar-refractivity contribution < 1.29 is 4.74 Å². The molecule has 14 heavy (non-hydrogen) atoms. The van der Waals surface area contributed by atoms with E-state index in [0.717, 1.165) is 24.5 Å². The van der Waals surface area contributed by atoms with Gasteiger partial charge < -0.3 is 4.74 Å². The number of para-hydroxylation sites is 1. The maximum Gasteiger partial charge on any atom is 0.128 e. The van der Waals surface area contributed by atoms with Gasteiger partial charge in [-0.2, -0.15) is 5.10 Å². The van der Waals surface area contributed by atoms with E-state index < -0.39 is 0 Å². The summed E-state index contributed by atoms with van der Waals surface area (Å²) in [4.78, 5) is 0. The van der Waals surface area contributed by atoms with E-state index in [4.69, 9.17) is 4.74 Å². The fourth-order valence-corrected chi connectivity index (χ4v) is 2.11. The number of ether oxygens (including phenoxy) is 1. The normalized spacial score (nSPS) is 23.6. The predicted octanol–water partition coefficient (Wildman–Crippen LogP) is 1.34. The molecule has 1 aromatic rings. The second kappa shape index (κ2) is 2.74. The Morgan fingerprint density at radius 2 is 2.29 bits per heavy atom. The molecule has 0 amide bonds. The highest BCUT2D eigenvalue weighted by Crippen LogP contribution is 2.30. The van der Waals surface area contributed by atoms with Crippen LogP contribution in [0.5, 0.6) is 5.75 Å². The average molecular weight is 188 g/mol. The van der Waals surface area contributed by atoms with Gasteiger partial charge in [0.1, 0.15) is 5.75 Å². The molecule has 0 saturated heterocycles. The van der Waals surface area contributed by atoms with Gasteiger partial charge in [0.2, 0.25) is 0 Å². The molecule has 0 aliphatic carbocycles. The molecule has 0 bridgehead atoms. The average Bonchev–Trinajstić information content (AvgIpc) is 2.59. The zero-order valence-corrected chi connectivity index (χ0v) is 8.10. The molecule has 1 atom stereocenters. The monoisotopic (exact) mass is 188 g/mol. The summed E-state index contributed by atoms with van der Waals surface area (Å²) < 4.78 is 5.68. The number of benzene rings is 1. The molecule has 3 heteroatoms. The van der Waals surface area contributed by atoms with Gasteiger partial charge in [-0.05, 0) is 12.1 Å². The maximum atomic E-state index is 5.68. The lowest BCUT2D eigenvalue weighted by Gasteiger charge is -2.22. The van der Waals surface area contributed by atoms with Crippen LogP contribution >= 0.6 is 0 Å². The van der Waals surface area contributed by atoms with Crippen LogP contribution in [-0.2, 0) is 0 Å². The summed E-state index contributed by atoms with van der Waals surface area (Å²) in [5.41, 5.74) is 2.35. The van der Waals surface area contributed by atoms with Crippen LogP contribution in [0.3, 0.4) is 0 Å². The van der Waals surface area contributed by atoms with E-state index in [1.54, 1.807) is 0 Å². The van der Waals surface area contributed by atoms with Crippen LogP contribution < -0.4 is 4.74 Å². The molecular weight excluding hydrogens is 176 g/mol. The van der Waals surface area contributed by atoms with Crippen molar-refractivity contribution in [3.8, 4) is 5.75 Å². The molecule has 72 valence electrons. The first-order chi connectivity index (χ1) is 6.84. The van der Waals surface area contributed by atoms with Crippen LogP contribution in [-0.4, -0.2) is 30.9 Å². The summed E-state index contributed by atoms with van der Waals surface area (Å²) in [5, 5.41) is 6.51. The summed E-state index contributed by atoms with van der Waals surface area (Å²) in [6.45, 7) is 1.74. The van der Waals surface area contributed by atoms with Crippen molar-refractivity contribution >= 4 is 5.71 Å². The van der Waals surface area contributed by atoms with Crippen molar-refractivity contribution in [1.29, 1.82) is 0 Å². The summed E-state index contributed by atoms with van der Waals surface area (Å²) in [5.74, 6) is 1.42. The molecule has 0 spiro atoms. The minimum Gasteiger partial charge on any atom is -0.492 e. The van der Waals surface area contributed by atoms with Gasteiger partial charge in [-0.25, -0.2) is 0 Å². The quantitative estimate of drug-likeness (QED) is 0.614. The third kappa shape index (κ3) is 1.02. The fourth-order valence-electron chi connectivity index (χ4n) is 2.11. The molecule has 0 fully saturated rings. The third-order valence-electron chi connectivity index (χ3n) is 2.75. The highest BCUT2D eigenvalue weighted by Gasteiger charge is 2.31. The third-order valence-corrected chi connectivity index (χ3v) is 2.75. The summed E-state index contributed by atoms with van der Waals surface area (Å²) >= 11 is 0. The SMILES string of the molecule is CN1CC2COc3ccccc3C2=N1. The second-order valence-corrected chi connectivity index (χ2v) is 3.83. The smallest absolute Gasteiger partial charge is 0.128 e. The van der Waals surface area contributed by atoms with Gasteiger partial charge in [-0.3, -0.25) is 5.01 Å².